The van der Waals surface area contributed by atoms with Gasteiger partial charge in [0.25, 0.3) is 5.91 Å². The molecule has 29 heavy (non-hydrogen) atoms. The molecular weight excluding hydrogens is 406 g/mol. The second-order valence-electron chi connectivity index (χ2n) is 7.55. The molecule has 1 unspecified atom stereocenters. The molecule has 1 amide bonds. The highest BCUT2D eigenvalue weighted by Crippen LogP contribution is 2.29. The zero-order chi connectivity index (χ0) is 20.9. The fourth-order valence-corrected chi connectivity index (χ4v) is 5.19. The SMILES string of the molecule is CCCCC1Cc2ccsc2CN1CCNC(=O)c1ccc(NS(C)(=O)=O)cc1. The molecule has 1 atom stereocenters. The number of fused-ring (bicyclic) bond motifs is 1. The largest absolute Gasteiger partial charge is 0.351 e. The molecule has 1 aliphatic heterocycles. The number of sulfonamides is 1. The molecular formula is C21H29N3O3S2. The van der Waals surface area contributed by atoms with Gasteiger partial charge in [-0.2, -0.15) is 0 Å². The van der Waals surface area contributed by atoms with Crippen LogP contribution in [0.4, 0.5) is 5.69 Å². The number of carbonyl (C=O) groups excluding carboxylic acids is 1. The van der Waals surface area contributed by atoms with E-state index >= 15 is 0 Å². The van der Waals surface area contributed by atoms with Crippen molar-refractivity contribution in [2.75, 3.05) is 24.1 Å². The number of carbonyl (C=O) groups is 1. The number of thiophene rings is 1. The molecule has 0 saturated heterocycles. The molecule has 1 aromatic heterocycles. The van der Waals surface area contributed by atoms with Crippen LogP contribution in [0.5, 0.6) is 0 Å². The van der Waals surface area contributed by atoms with Crippen molar-refractivity contribution in [2.24, 2.45) is 0 Å². The first-order valence-electron chi connectivity index (χ1n) is 10.0. The molecule has 0 saturated carbocycles. The highest BCUT2D eigenvalue weighted by molar-refractivity contribution is 7.92. The lowest BCUT2D eigenvalue weighted by Crippen LogP contribution is -2.44. The number of rotatable bonds is 9. The van der Waals surface area contributed by atoms with E-state index in [-0.39, 0.29) is 5.91 Å². The van der Waals surface area contributed by atoms with Gasteiger partial charge in [-0.3, -0.25) is 14.4 Å². The monoisotopic (exact) mass is 435 g/mol. The van der Waals surface area contributed by atoms with E-state index in [9.17, 15) is 13.2 Å². The number of benzene rings is 1. The third-order valence-corrected chi connectivity index (χ3v) is 6.74. The van der Waals surface area contributed by atoms with Gasteiger partial charge in [-0.05, 0) is 54.1 Å². The van der Waals surface area contributed by atoms with E-state index in [4.69, 9.17) is 0 Å². The van der Waals surface area contributed by atoms with Crippen LogP contribution < -0.4 is 10.0 Å². The van der Waals surface area contributed by atoms with Gasteiger partial charge in [0, 0.05) is 41.8 Å². The summed E-state index contributed by atoms with van der Waals surface area (Å²) in [6, 6.07) is 9.24. The maximum atomic E-state index is 12.4. The second kappa shape index (κ2) is 9.73. The van der Waals surface area contributed by atoms with E-state index < -0.39 is 10.0 Å². The summed E-state index contributed by atoms with van der Waals surface area (Å²) in [4.78, 5) is 16.4. The molecule has 158 valence electrons. The molecule has 0 aliphatic carbocycles. The van der Waals surface area contributed by atoms with Crippen LogP contribution in [-0.4, -0.2) is 44.6 Å². The Kier molecular flexibility index (Phi) is 7.32. The highest BCUT2D eigenvalue weighted by atomic mass is 32.2. The first-order valence-corrected chi connectivity index (χ1v) is 12.8. The summed E-state index contributed by atoms with van der Waals surface area (Å²) in [7, 11) is -3.32. The first kappa shape index (κ1) is 21.8. The highest BCUT2D eigenvalue weighted by Gasteiger charge is 2.26. The van der Waals surface area contributed by atoms with Crippen molar-refractivity contribution >= 4 is 33.0 Å². The maximum Gasteiger partial charge on any atom is 0.251 e. The van der Waals surface area contributed by atoms with Gasteiger partial charge in [0.2, 0.25) is 10.0 Å². The summed E-state index contributed by atoms with van der Waals surface area (Å²) < 4.78 is 24.9. The first-order chi connectivity index (χ1) is 13.9. The van der Waals surface area contributed by atoms with Gasteiger partial charge in [0.05, 0.1) is 6.26 Å². The summed E-state index contributed by atoms with van der Waals surface area (Å²) in [5.41, 5.74) is 2.45. The van der Waals surface area contributed by atoms with Crippen LogP contribution in [0.2, 0.25) is 0 Å². The number of nitrogens with zero attached hydrogens (tertiary/aromatic N) is 1. The molecule has 2 N–H and O–H groups in total. The summed E-state index contributed by atoms with van der Waals surface area (Å²) >= 11 is 1.82. The number of nitrogens with one attached hydrogen (secondary N) is 2. The van der Waals surface area contributed by atoms with Gasteiger partial charge in [0.1, 0.15) is 0 Å². The zero-order valence-electron chi connectivity index (χ0n) is 17.0. The van der Waals surface area contributed by atoms with Gasteiger partial charge in [-0.1, -0.05) is 19.8 Å². The summed E-state index contributed by atoms with van der Waals surface area (Å²) in [5.74, 6) is -0.144. The Balaban J connectivity index is 1.53. The van der Waals surface area contributed by atoms with Crippen molar-refractivity contribution in [2.45, 2.75) is 45.2 Å². The number of amides is 1. The maximum absolute atomic E-state index is 12.4. The Morgan fingerprint density at radius 3 is 2.69 bits per heavy atom. The van der Waals surface area contributed by atoms with Gasteiger partial charge < -0.3 is 5.32 Å². The van der Waals surface area contributed by atoms with E-state index in [1.54, 1.807) is 24.3 Å². The van der Waals surface area contributed by atoms with Crippen molar-refractivity contribution in [3.63, 3.8) is 0 Å². The average Bonchev–Trinajstić information content (AvgIpc) is 3.12. The van der Waals surface area contributed by atoms with Gasteiger partial charge >= 0.3 is 0 Å². The van der Waals surface area contributed by atoms with E-state index in [0.29, 0.717) is 23.8 Å². The van der Waals surface area contributed by atoms with Gasteiger partial charge in [-0.15, -0.1) is 11.3 Å². The van der Waals surface area contributed by atoms with Crippen molar-refractivity contribution in [3.8, 4) is 0 Å². The molecule has 6 nitrogen and oxygen atoms in total. The molecule has 3 rings (SSSR count). The molecule has 0 spiro atoms. The molecule has 8 heteroatoms. The minimum Gasteiger partial charge on any atom is -0.351 e. The Morgan fingerprint density at radius 2 is 2.00 bits per heavy atom. The minimum absolute atomic E-state index is 0.144. The van der Waals surface area contributed by atoms with E-state index in [1.807, 2.05) is 11.3 Å². The Morgan fingerprint density at radius 1 is 1.24 bits per heavy atom. The molecule has 1 aliphatic rings. The molecule has 0 bridgehead atoms. The standard InChI is InChI=1S/C21H29N3O3S2/c1-3-4-5-19-14-17-10-13-28-20(17)15-24(19)12-11-22-21(25)16-6-8-18(9-7-16)23-29(2,26)27/h6-10,13,19,23H,3-5,11-12,14-15H2,1-2H3,(H,22,25). The molecule has 1 aromatic carbocycles. The normalized spacial score (nSPS) is 17.0. The number of hydrogen-bond acceptors (Lipinski definition) is 5. The number of hydrogen-bond donors (Lipinski definition) is 2. The summed E-state index contributed by atoms with van der Waals surface area (Å²) in [6.45, 7) is 4.60. The van der Waals surface area contributed by atoms with Crippen LogP contribution in [0.1, 0.15) is 47.0 Å². The Labute approximate surface area is 177 Å². The van der Waals surface area contributed by atoms with Crippen molar-refractivity contribution in [3.05, 3.63) is 51.7 Å². The topological polar surface area (TPSA) is 78.5 Å². The molecule has 0 fully saturated rings. The van der Waals surface area contributed by atoms with Crippen LogP contribution >= 0.6 is 11.3 Å². The number of unbranched alkanes of at least 4 members (excludes halogenated alkanes) is 1. The predicted octanol–water partition coefficient (Wildman–Crippen LogP) is 3.47. The minimum atomic E-state index is -3.32. The van der Waals surface area contributed by atoms with Crippen LogP contribution in [0.15, 0.2) is 35.7 Å². The van der Waals surface area contributed by atoms with E-state index in [0.717, 1.165) is 25.8 Å². The average molecular weight is 436 g/mol. The summed E-state index contributed by atoms with van der Waals surface area (Å²) in [5, 5.41) is 5.17. The lowest BCUT2D eigenvalue weighted by atomic mass is 9.96. The Bertz CT molecular complexity index is 923. The fraction of sp³-hybridized carbons (Fsp3) is 0.476. The molecule has 2 aromatic rings. The van der Waals surface area contributed by atoms with Crippen molar-refractivity contribution < 1.29 is 13.2 Å². The van der Waals surface area contributed by atoms with Crippen LogP contribution in [-0.2, 0) is 23.0 Å². The lowest BCUT2D eigenvalue weighted by Gasteiger charge is -2.35. The van der Waals surface area contributed by atoms with E-state index in [2.05, 4.69) is 33.3 Å². The predicted molar refractivity (Wildman–Crippen MR) is 119 cm³/mol. The zero-order valence-corrected chi connectivity index (χ0v) is 18.6. The van der Waals surface area contributed by atoms with Crippen molar-refractivity contribution in [1.29, 1.82) is 0 Å². The third kappa shape index (κ3) is 6.29. The van der Waals surface area contributed by atoms with Crippen LogP contribution in [0.25, 0.3) is 0 Å². The van der Waals surface area contributed by atoms with Gasteiger partial charge in [0.15, 0.2) is 0 Å². The second-order valence-corrected chi connectivity index (χ2v) is 10.3. The smallest absolute Gasteiger partial charge is 0.251 e. The van der Waals surface area contributed by atoms with Gasteiger partial charge in [-0.25, -0.2) is 8.42 Å². The van der Waals surface area contributed by atoms with E-state index in [1.165, 1.54) is 29.7 Å². The third-order valence-electron chi connectivity index (χ3n) is 5.18. The van der Waals surface area contributed by atoms with Crippen LogP contribution in [0, 0.1) is 0 Å². The fourth-order valence-electron chi connectivity index (χ4n) is 3.69. The number of anilines is 1. The van der Waals surface area contributed by atoms with Crippen LogP contribution in [0.3, 0.4) is 0 Å². The molecule has 2 heterocycles. The Hall–Kier alpha value is -1.90. The quantitative estimate of drug-likeness (QED) is 0.632. The van der Waals surface area contributed by atoms with Crippen molar-refractivity contribution in [1.82, 2.24) is 10.2 Å². The molecule has 0 radical (unpaired) electrons. The summed E-state index contributed by atoms with van der Waals surface area (Å²) in [6.07, 6.45) is 5.81. The lowest BCUT2D eigenvalue weighted by molar-refractivity contribution is 0.0938.